The molecule has 110 valence electrons. The topological polar surface area (TPSA) is 0 Å². The number of unbranched alkanes of at least 4 members (excludes halogenated alkanes) is 2. The lowest BCUT2D eigenvalue weighted by Crippen LogP contribution is -2.53. The second kappa shape index (κ2) is 9.41. The molecule has 0 aliphatic rings. The second-order valence-electron chi connectivity index (χ2n) is 5.52. The third kappa shape index (κ3) is 5.10. The molecule has 20 heavy (non-hydrogen) atoms. The summed E-state index contributed by atoms with van der Waals surface area (Å²) in [6, 6.07) is 10.8. The quantitative estimate of drug-likeness (QED) is 0.185. The minimum atomic E-state index is 0.255. The minimum absolute atomic E-state index is 0.255. The molecule has 1 aromatic carbocycles. The Morgan fingerprint density at radius 1 is 1.10 bits per heavy atom. The molecule has 0 saturated carbocycles. The van der Waals surface area contributed by atoms with E-state index in [1.807, 2.05) is 0 Å². The summed E-state index contributed by atoms with van der Waals surface area (Å²) in [5, 5.41) is 0. The molecule has 1 unspecified atom stereocenters. The third-order valence-electron chi connectivity index (χ3n) is 3.87. The van der Waals surface area contributed by atoms with Crippen molar-refractivity contribution in [2.45, 2.75) is 50.1 Å². The van der Waals surface area contributed by atoms with Crippen LogP contribution in [-0.2, 0) is 6.54 Å². The van der Waals surface area contributed by atoms with E-state index >= 15 is 0 Å². The van der Waals surface area contributed by atoms with Crippen LogP contribution < -0.4 is 0 Å². The number of hydrogen-bond acceptors (Lipinski definition) is 0. The molecular formula is C18H27IN+. The molecule has 0 fully saturated rings. The Balaban J connectivity index is 2.97. The molecule has 1 atom stereocenters. The Morgan fingerprint density at radius 3 is 2.10 bits per heavy atom. The maximum atomic E-state index is 5.78. The number of nitrogens with zero attached hydrogens (tertiary/aromatic N) is 1. The van der Waals surface area contributed by atoms with Crippen molar-refractivity contribution in [3.8, 4) is 12.3 Å². The molecule has 0 spiro atoms. The highest BCUT2D eigenvalue weighted by Crippen LogP contribution is 2.26. The number of quaternary nitrogens is 1. The van der Waals surface area contributed by atoms with Crippen LogP contribution in [0.5, 0.6) is 0 Å². The van der Waals surface area contributed by atoms with Crippen LogP contribution in [0.1, 0.15) is 45.1 Å². The van der Waals surface area contributed by atoms with Gasteiger partial charge in [0.1, 0.15) is 6.54 Å². The summed E-state index contributed by atoms with van der Waals surface area (Å²) < 4.78 is 1.29. The van der Waals surface area contributed by atoms with Gasteiger partial charge < -0.3 is 0 Å². The van der Waals surface area contributed by atoms with Gasteiger partial charge in [0.15, 0.2) is 0 Å². The first kappa shape index (κ1) is 17.5. The summed E-state index contributed by atoms with van der Waals surface area (Å²) in [4.78, 5) is 0. The molecule has 0 saturated heterocycles. The van der Waals surface area contributed by atoms with Crippen molar-refractivity contribution in [3.05, 3.63) is 35.9 Å². The number of rotatable bonds is 9. The number of halogens is 1. The van der Waals surface area contributed by atoms with Gasteiger partial charge in [-0.3, -0.25) is 4.48 Å². The van der Waals surface area contributed by atoms with Crippen molar-refractivity contribution in [1.82, 2.24) is 0 Å². The van der Waals surface area contributed by atoms with E-state index in [0.717, 1.165) is 11.0 Å². The van der Waals surface area contributed by atoms with E-state index in [0.29, 0.717) is 0 Å². The van der Waals surface area contributed by atoms with Crippen molar-refractivity contribution in [2.24, 2.45) is 0 Å². The molecule has 0 radical (unpaired) electrons. The zero-order chi connectivity index (χ0) is 14.8. The van der Waals surface area contributed by atoms with E-state index in [1.54, 1.807) is 0 Å². The van der Waals surface area contributed by atoms with Crippen molar-refractivity contribution in [3.63, 3.8) is 0 Å². The molecule has 0 aliphatic carbocycles. The minimum Gasteiger partial charge on any atom is -0.299 e. The number of alkyl halides is 1. The fourth-order valence-corrected chi connectivity index (χ4v) is 3.38. The highest BCUT2D eigenvalue weighted by atomic mass is 127. The predicted molar refractivity (Wildman–Crippen MR) is 96.6 cm³/mol. The van der Waals surface area contributed by atoms with Gasteiger partial charge >= 0.3 is 0 Å². The monoisotopic (exact) mass is 384 g/mol. The molecule has 0 bridgehead atoms. The Bertz CT molecular complexity index is 399. The van der Waals surface area contributed by atoms with Gasteiger partial charge in [-0.1, -0.05) is 57.0 Å². The molecule has 1 nitrogen and oxygen atoms in total. The molecule has 0 N–H and O–H groups in total. The van der Waals surface area contributed by atoms with E-state index in [4.69, 9.17) is 6.42 Å². The van der Waals surface area contributed by atoms with Crippen LogP contribution in [0.2, 0.25) is 0 Å². The SMILES string of the molecule is C#CC(I)[N+](CCCC)(CCCC)Cc1ccccc1. The van der Waals surface area contributed by atoms with Gasteiger partial charge in [-0.05, 0) is 18.8 Å². The second-order valence-corrected chi connectivity index (χ2v) is 6.70. The summed E-state index contributed by atoms with van der Waals surface area (Å²) >= 11 is 2.46. The standard InChI is InChI=1S/C18H27IN/c1-4-7-14-20(15-8-5-2,18(19)6-3)16-17-12-10-9-11-13-17/h3,9-13,18H,4-5,7-8,14-16H2,1-2H3/q+1. The number of benzene rings is 1. The normalized spacial score (nSPS) is 12.9. The predicted octanol–water partition coefficient (Wildman–Crippen LogP) is 5.00. The van der Waals surface area contributed by atoms with Gasteiger partial charge in [-0.15, -0.1) is 6.42 Å². The third-order valence-corrected chi connectivity index (χ3v) is 5.41. The van der Waals surface area contributed by atoms with E-state index in [9.17, 15) is 0 Å². The average Bonchev–Trinajstić information content (AvgIpc) is 2.50. The maximum Gasteiger partial charge on any atom is 0.200 e. The van der Waals surface area contributed by atoms with Crippen LogP contribution in [0.3, 0.4) is 0 Å². The largest absolute Gasteiger partial charge is 0.299 e. The molecule has 0 amide bonds. The molecule has 0 heterocycles. The van der Waals surface area contributed by atoms with Crippen molar-refractivity contribution in [1.29, 1.82) is 0 Å². The van der Waals surface area contributed by atoms with Crippen LogP contribution in [-0.4, -0.2) is 21.6 Å². The Kier molecular flexibility index (Phi) is 8.25. The zero-order valence-corrected chi connectivity index (χ0v) is 15.0. The maximum absolute atomic E-state index is 5.78. The van der Waals surface area contributed by atoms with E-state index in [1.165, 1.54) is 44.3 Å². The van der Waals surface area contributed by atoms with Crippen LogP contribution in [0.15, 0.2) is 30.3 Å². The Labute approximate surface area is 138 Å². The van der Waals surface area contributed by atoms with Crippen molar-refractivity contribution >= 4 is 22.6 Å². The molecule has 0 aliphatic heterocycles. The molecule has 1 rings (SSSR count). The Morgan fingerprint density at radius 2 is 1.65 bits per heavy atom. The fraction of sp³-hybridized carbons (Fsp3) is 0.556. The van der Waals surface area contributed by atoms with Gasteiger partial charge in [-0.2, -0.15) is 0 Å². The fourth-order valence-electron chi connectivity index (χ4n) is 2.63. The van der Waals surface area contributed by atoms with Gasteiger partial charge in [0.25, 0.3) is 0 Å². The van der Waals surface area contributed by atoms with Crippen LogP contribution >= 0.6 is 22.6 Å². The zero-order valence-electron chi connectivity index (χ0n) is 12.8. The molecular weight excluding hydrogens is 357 g/mol. The van der Waals surface area contributed by atoms with Gasteiger partial charge in [0, 0.05) is 28.2 Å². The molecule has 2 heteroatoms. The van der Waals surface area contributed by atoms with E-state index in [-0.39, 0.29) is 4.05 Å². The van der Waals surface area contributed by atoms with E-state index < -0.39 is 0 Å². The van der Waals surface area contributed by atoms with Crippen molar-refractivity contribution in [2.75, 3.05) is 13.1 Å². The highest BCUT2D eigenvalue weighted by Gasteiger charge is 2.33. The number of hydrogen-bond donors (Lipinski definition) is 0. The van der Waals surface area contributed by atoms with Crippen molar-refractivity contribution < 1.29 is 4.48 Å². The summed E-state index contributed by atoms with van der Waals surface area (Å²) in [5.74, 6) is 3.00. The first-order valence-corrected chi connectivity index (χ1v) is 8.93. The first-order valence-electron chi connectivity index (χ1n) is 7.68. The van der Waals surface area contributed by atoms with Crippen LogP contribution in [0.25, 0.3) is 0 Å². The summed E-state index contributed by atoms with van der Waals surface area (Å²) in [6.07, 6.45) is 10.7. The summed E-state index contributed by atoms with van der Waals surface area (Å²) in [6.45, 7) is 7.94. The summed E-state index contributed by atoms with van der Waals surface area (Å²) in [5.41, 5.74) is 1.40. The lowest BCUT2D eigenvalue weighted by Gasteiger charge is -2.41. The van der Waals surface area contributed by atoms with Gasteiger partial charge in [0.2, 0.25) is 4.05 Å². The smallest absolute Gasteiger partial charge is 0.200 e. The molecule has 0 aromatic heterocycles. The van der Waals surface area contributed by atoms with Gasteiger partial charge in [-0.25, -0.2) is 0 Å². The Hall–Kier alpha value is -0.530. The van der Waals surface area contributed by atoms with Crippen LogP contribution in [0.4, 0.5) is 0 Å². The lowest BCUT2D eigenvalue weighted by molar-refractivity contribution is -0.940. The average molecular weight is 384 g/mol. The summed E-state index contributed by atoms with van der Waals surface area (Å²) in [7, 11) is 0. The van der Waals surface area contributed by atoms with Crippen LogP contribution in [0, 0.1) is 12.3 Å². The number of terminal acetylenes is 1. The first-order chi connectivity index (χ1) is 9.68. The van der Waals surface area contributed by atoms with Gasteiger partial charge in [0.05, 0.1) is 13.1 Å². The van der Waals surface area contributed by atoms with E-state index in [2.05, 4.69) is 72.7 Å². The molecule has 1 aromatic rings. The lowest BCUT2D eigenvalue weighted by atomic mass is 10.1. The highest BCUT2D eigenvalue weighted by molar-refractivity contribution is 14.1.